The molecule has 1 saturated heterocycles. The molecule has 1 aliphatic rings. The van der Waals surface area contributed by atoms with Gasteiger partial charge < -0.3 is 4.74 Å². The maximum atomic E-state index is 11.9. The quantitative estimate of drug-likeness (QED) is 0.781. The second kappa shape index (κ2) is 5.27. The Labute approximate surface area is 104 Å². The molecular weight excluding hydrogens is 246 g/mol. The smallest absolute Gasteiger partial charge is 0.186 e. The minimum absolute atomic E-state index is 0.144. The average molecular weight is 260 g/mol. The first-order chi connectivity index (χ1) is 7.65. The molecule has 0 amide bonds. The number of halogens is 1. The molecule has 1 aliphatic heterocycles. The van der Waals surface area contributed by atoms with Crippen LogP contribution in [-0.2, 0) is 4.74 Å². The van der Waals surface area contributed by atoms with E-state index in [0.29, 0.717) is 17.5 Å². The van der Waals surface area contributed by atoms with Crippen molar-refractivity contribution in [2.45, 2.75) is 13.0 Å². The number of rotatable bonds is 3. The number of carbonyl (C=O) groups is 1. The van der Waals surface area contributed by atoms with Crippen molar-refractivity contribution in [1.82, 2.24) is 4.90 Å². The number of hydrogen-bond acceptors (Lipinski definition) is 4. The lowest BCUT2D eigenvalue weighted by Gasteiger charge is -2.30. The molecule has 0 aliphatic carbocycles. The first-order valence-electron chi connectivity index (χ1n) is 5.27. The lowest BCUT2D eigenvalue weighted by molar-refractivity contribution is -0.0158. The molecule has 16 heavy (non-hydrogen) atoms. The number of ether oxygens (including phenoxy) is 1. The average Bonchev–Trinajstić information content (AvgIpc) is 2.65. The number of nitrogens with zero attached hydrogens (tertiary/aromatic N) is 1. The number of Topliss-reactive ketones (excluding diaryl/α,β-unsaturated/α-hetero) is 1. The standard InChI is InChI=1S/C11H14ClNO2S/c1-8-6-13(4-5-15-8)7-9(14)10-2-3-11(12)16-10/h2-3,8H,4-7H2,1H3. The van der Waals surface area contributed by atoms with Crippen molar-refractivity contribution in [1.29, 1.82) is 0 Å². The number of hydrogen-bond donors (Lipinski definition) is 0. The van der Waals surface area contributed by atoms with Gasteiger partial charge in [0, 0.05) is 13.1 Å². The van der Waals surface area contributed by atoms with E-state index >= 15 is 0 Å². The van der Waals surface area contributed by atoms with Crippen LogP contribution in [0.5, 0.6) is 0 Å². The molecule has 5 heteroatoms. The molecule has 1 atom stereocenters. The third-order valence-corrected chi connectivity index (χ3v) is 3.81. The Morgan fingerprint density at radius 3 is 3.12 bits per heavy atom. The summed E-state index contributed by atoms with van der Waals surface area (Å²) in [5.74, 6) is 0.144. The molecule has 88 valence electrons. The van der Waals surface area contributed by atoms with Crippen LogP contribution in [0, 0.1) is 0 Å². The van der Waals surface area contributed by atoms with E-state index in [-0.39, 0.29) is 11.9 Å². The molecular formula is C11H14ClNO2S. The van der Waals surface area contributed by atoms with Crippen molar-refractivity contribution in [3.8, 4) is 0 Å². The summed E-state index contributed by atoms with van der Waals surface area (Å²) in [4.78, 5) is 14.8. The lowest BCUT2D eigenvalue weighted by atomic mass is 10.2. The van der Waals surface area contributed by atoms with Crippen LogP contribution < -0.4 is 0 Å². The second-order valence-electron chi connectivity index (χ2n) is 3.94. The normalized spacial score (nSPS) is 22.2. The fourth-order valence-corrected chi connectivity index (χ4v) is 2.75. The van der Waals surface area contributed by atoms with Gasteiger partial charge in [-0.15, -0.1) is 11.3 Å². The van der Waals surface area contributed by atoms with Gasteiger partial charge in [0.25, 0.3) is 0 Å². The molecule has 0 bridgehead atoms. The molecule has 0 radical (unpaired) electrons. The van der Waals surface area contributed by atoms with Crippen LogP contribution in [0.2, 0.25) is 4.34 Å². The van der Waals surface area contributed by atoms with Crippen molar-refractivity contribution in [3.63, 3.8) is 0 Å². The van der Waals surface area contributed by atoms with Crippen LogP contribution in [0.15, 0.2) is 12.1 Å². The van der Waals surface area contributed by atoms with Gasteiger partial charge in [-0.2, -0.15) is 0 Å². The SMILES string of the molecule is CC1CN(CC(=O)c2ccc(Cl)s2)CCO1. The zero-order valence-corrected chi connectivity index (χ0v) is 10.7. The highest BCUT2D eigenvalue weighted by atomic mass is 35.5. The van der Waals surface area contributed by atoms with Crippen LogP contribution in [0.3, 0.4) is 0 Å². The molecule has 1 aromatic heterocycles. The Bertz CT molecular complexity index is 380. The van der Waals surface area contributed by atoms with E-state index in [9.17, 15) is 4.79 Å². The van der Waals surface area contributed by atoms with E-state index in [1.54, 1.807) is 12.1 Å². The summed E-state index contributed by atoms with van der Waals surface area (Å²) in [5, 5.41) is 0. The first kappa shape index (κ1) is 12.0. The van der Waals surface area contributed by atoms with Gasteiger partial charge in [-0.3, -0.25) is 9.69 Å². The van der Waals surface area contributed by atoms with Crippen LogP contribution in [-0.4, -0.2) is 43.0 Å². The summed E-state index contributed by atoms with van der Waals surface area (Å²) < 4.78 is 6.09. The van der Waals surface area contributed by atoms with E-state index in [0.717, 1.165) is 18.0 Å². The summed E-state index contributed by atoms with van der Waals surface area (Å²) in [6.07, 6.45) is 0.216. The molecule has 0 N–H and O–H groups in total. The summed E-state index contributed by atoms with van der Waals surface area (Å²) >= 11 is 7.15. The van der Waals surface area contributed by atoms with Gasteiger partial charge in [0.15, 0.2) is 5.78 Å². The van der Waals surface area contributed by atoms with Crippen molar-refractivity contribution in [3.05, 3.63) is 21.3 Å². The molecule has 1 unspecified atom stereocenters. The Hall–Kier alpha value is -0.420. The highest BCUT2D eigenvalue weighted by Crippen LogP contribution is 2.22. The van der Waals surface area contributed by atoms with Gasteiger partial charge in [-0.05, 0) is 19.1 Å². The van der Waals surface area contributed by atoms with E-state index in [4.69, 9.17) is 16.3 Å². The van der Waals surface area contributed by atoms with Crippen LogP contribution in [0.25, 0.3) is 0 Å². The lowest BCUT2D eigenvalue weighted by Crippen LogP contribution is -2.43. The second-order valence-corrected chi connectivity index (χ2v) is 5.66. The third-order valence-electron chi connectivity index (χ3n) is 2.54. The molecule has 1 fully saturated rings. The van der Waals surface area contributed by atoms with E-state index in [1.165, 1.54) is 11.3 Å². The Morgan fingerprint density at radius 1 is 1.69 bits per heavy atom. The molecule has 1 aromatic rings. The van der Waals surface area contributed by atoms with Crippen LogP contribution >= 0.6 is 22.9 Å². The van der Waals surface area contributed by atoms with Crippen molar-refractivity contribution in [2.24, 2.45) is 0 Å². The van der Waals surface area contributed by atoms with Gasteiger partial charge >= 0.3 is 0 Å². The third kappa shape index (κ3) is 3.04. The maximum Gasteiger partial charge on any atom is 0.186 e. The van der Waals surface area contributed by atoms with Crippen molar-refractivity contribution < 1.29 is 9.53 Å². The number of morpholine rings is 1. The summed E-state index contributed by atoms with van der Waals surface area (Å²) in [6, 6.07) is 3.56. The maximum absolute atomic E-state index is 11.9. The largest absolute Gasteiger partial charge is 0.376 e. The predicted octanol–water partition coefficient (Wildman–Crippen LogP) is 2.30. The van der Waals surface area contributed by atoms with E-state index in [1.807, 2.05) is 6.92 Å². The Morgan fingerprint density at radius 2 is 2.50 bits per heavy atom. The molecule has 0 saturated carbocycles. The van der Waals surface area contributed by atoms with Crippen LogP contribution in [0.1, 0.15) is 16.6 Å². The summed E-state index contributed by atoms with van der Waals surface area (Å²) in [7, 11) is 0. The van der Waals surface area contributed by atoms with Crippen molar-refractivity contribution >= 4 is 28.7 Å². The molecule has 0 aromatic carbocycles. The highest BCUT2D eigenvalue weighted by molar-refractivity contribution is 7.18. The van der Waals surface area contributed by atoms with Gasteiger partial charge in [0.1, 0.15) is 0 Å². The van der Waals surface area contributed by atoms with Crippen LogP contribution in [0.4, 0.5) is 0 Å². The Balaban J connectivity index is 1.92. The van der Waals surface area contributed by atoms with Crippen molar-refractivity contribution in [2.75, 3.05) is 26.2 Å². The number of thiophene rings is 1. The topological polar surface area (TPSA) is 29.5 Å². The van der Waals surface area contributed by atoms with Gasteiger partial charge in [-0.25, -0.2) is 0 Å². The zero-order valence-electron chi connectivity index (χ0n) is 9.11. The number of carbonyl (C=O) groups excluding carboxylic acids is 1. The summed E-state index contributed by atoms with van der Waals surface area (Å²) in [5.41, 5.74) is 0. The monoisotopic (exact) mass is 259 g/mol. The minimum Gasteiger partial charge on any atom is -0.376 e. The predicted molar refractivity (Wildman–Crippen MR) is 65.5 cm³/mol. The van der Waals surface area contributed by atoms with Gasteiger partial charge in [-0.1, -0.05) is 11.6 Å². The Kier molecular flexibility index (Phi) is 3.97. The minimum atomic E-state index is 0.144. The van der Waals surface area contributed by atoms with Gasteiger partial charge in [0.2, 0.25) is 0 Å². The summed E-state index contributed by atoms with van der Waals surface area (Å²) in [6.45, 7) is 4.85. The molecule has 2 rings (SSSR count). The fraction of sp³-hybridized carbons (Fsp3) is 0.545. The number of ketones is 1. The highest BCUT2D eigenvalue weighted by Gasteiger charge is 2.20. The molecule has 2 heterocycles. The van der Waals surface area contributed by atoms with E-state index in [2.05, 4.69) is 4.90 Å². The molecule has 0 spiro atoms. The zero-order chi connectivity index (χ0) is 11.5. The first-order valence-corrected chi connectivity index (χ1v) is 6.47. The van der Waals surface area contributed by atoms with Gasteiger partial charge in [0.05, 0.1) is 28.5 Å². The fourth-order valence-electron chi connectivity index (χ4n) is 1.78. The molecule has 3 nitrogen and oxygen atoms in total. The van der Waals surface area contributed by atoms with E-state index < -0.39 is 0 Å².